The second kappa shape index (κ2) is 10.3. The number of rotatable bonds is 10. The van der Waals surface area contributed by atoms with Crippen molar-refractivity contribution < 1.29 is 14.6 Å². The van der Waals surface area contributed by atoms with Crippen molar-refractivity contribution in [3.8, 4) is 5.75 Å². The minimum Gasteiger partial charge on any atom is -0.489 e. The fourth-order valence-corrected chi connectivity index (χ4v) is 3.72. The Morgan fingerprint density at radius 1 is 1.10 bits per heavy atom. The number of nitrogens with one attached hydrogen (secondary N) is 1. The van der Waals surface area contributed by atoms with E-state index in [1.165, 1.54) is 5.56 Å². The SMILES string of the molecule is CSCCC(NCc1c(OCc2ccc(C)cc2)ccc2ccccc12)C(=O)O. The van der Waals surface area contributed by atoms with E-state index >= 15 is 0 Å². The summed E-state index contributed by atoms with van der Waals surface area (Å²) in [5.74, 6) is 0.767. The van der Waals surface area contributed by atoms with Crippen LogP contribution in [0.2, 0.25) is 0 Å². The summed E-state index contributed by atoms with van der Waals surface area (Å²) in [6.45, 7) is 2.98. The number of aryl methyl sites for hydroxylation is 1. The minimum absolute atomic E-state index is 0.440. The zero-order valence-electron chi connectivity index (χ0n) is 16.9. The van der Waals surface area contributed by atoms with Crippen molar-refractivity contribution in [3.63, 3.8) is 0 Å². The number of benzene rings is 3. The molecule has 5 heteroatoms. The molecular weight excluding hydrogens is 382 g/mol. The van der Waals surface area contributed by atoms with E-state index in [9.17, 15) is 9.90 Å². The fraction of sp³-hybridized carbons (Fsp3) is 0.292. The van der Waals surface area contributed by atoms with Crippen molar-refractivity contribution in [1.29, 1.82) is 0 Å². The number of ether oxygens (including phenoxy) is 1. The minimum atomic E-state index is -0.818. The molecule has 0 saturated carbocycles. The third-order valence-electron chi connectivity index (χ3n) is 4.95. The summed E-state index contributed by atoms with van der Waals surface area (Å²) in [5.41, 5.74) is 3.31. The van der Waals surface area contributed by atoms with Crippen molar-refractivity contribution in [2.24, 2.45) is 0 Å². The Morgan fingerprint density at radius 3 is 2.59 bits per heavy atom. The third-order valence-corrected chi connectivity index (χ3v) is 5.59. The van der Waals surface area contributed by atoms with E-state index in [0.29, 0.717) is 19.6 Å². The second-order valence-electron chi connectivity index (χ2n) is 7.09. The smallest absolute Gasteiger partial charge is 0.320 e. The van der Waals surface area contributed by atoms with Crippen molar-refractivity contribution in [3.05, 3.63) is 77.4 Å². The maximum atomic E-state index is 11.6. The van der Waals surface area contributed by atoms with E-state index in [4.69, 9.17) is 4.74 Å². The van der Waals surface area contributed by atoms with Crippen LogP contribution >= 0.6 is 11.8 Å². The molecule has 1 unspecified atom stereocenters. The quantitative estimate of drug-likeness (QED) is 0.492. The summed E-state index contributed by atoms with van der Waals surface area (Å²) in [4.78, 5) is 11.6. The first kappa shape index (κ1) is 21.2. The highest BCUT2D eigenvalue weighted by Crippen LogP contribution is 2.29. The zero-order chi connectivity index (χ0) is 20.6. The number of carboxylic acids is 1. The first-order valence-corrected chi connectivity index (χ1v) is 11.1. The van der Waals surface area contributed by atoms with Gasteiger partial charge in [0, 0.05) is 12.1 Å². The Hall–Kier alpha value is -2.50. The molecule has 0 aliphatic rings. The van der Waals surface area contributed by atoms with Crippen LogP contribution in [0, 0.1) is 6.92 Å². The molecule has 152 valence electrons. The molecule has 0 heterocycles. The summed E-state index contributed by atoms with van der Waals surface area (Å²) < 4.78 is 6.15. The molecule has 0 saturated heterocycles. The Kier molecular flexibility index (Phi) is 7.55. The molecule has 29 heavy (non-hydrogen) atoms. The van der Waals surface area contributed by atoms with E-state index in [-0.39, 0.29) is 0 Å². The van der Waals surface area contributed by atoms with Crippen LogP contribution in [0.25, 0.3) is 10.8 Å². The predicted molar refractivity (Wildman–Crippen MR) is 121 cm³/mol. The summed E-state index contributed by atoms with van der Waals surface area (Å²) in [7, 11) is 0. The summed E-state index contributed by atoms with van der Waals surface area (Å²) >= 11 is 1.65. The number of carbonyl (C=O) groups is 1. The van der Waals surface area contributed by atoms with E-state index in [1.54, 1.807) is 11.8 Å². The highest BCUT2D eigenvalue weighted by molar-refractivity contribution is 7.98. The lowest BCUT2D eigenvalue weighted by molar-refractivity contribution is -0.139. The molecule has 1 atom stereocenters. The molecule has 0 spiro atoms. The molecule has 4 nitrogen and oxygen atoms in total. The van der Waals surface area contributed by atoms with Crippen molar-refractivity contribution in [1.82, 2.24) is 5.32 Å². The molecule has 0 aromatic heterocycles. The van der Waals surface area contributed by atoms with Crippen LogP contribution in [0.5, 0.6) is 5.75 Å². The van der Waals surface area contributed by atoms with Gasteiger partial charge in [-0.3, -0.25) is 4.79 Å². The van der Waals surface area contributed by atoms with Crippen LogP contribution in [-0.4, -0.2) is 29.1 Å². The van der Waals surface area contributed by atoms with Gasteiger partial charge >= 0.3 is 5.97 Å². The average Bonchev–Trinajstić information content (AvgIpc) is 2.73. The van der Waals surface area contributed by atoms with Gasteiger partial charge < -0.3 is 15.2 Å². The maximum absolute atomic E-state index is 11.6. The first-order valence-electron chi connectivity index (χ1n) is 9.72. The van der Waals surface area contributed by atoms with Crippen molar-refractivity contribution in [2.75, 3.05) is 12.0 Å². The van der Waals surface area contributed by atoms with Crippen LogP contribution in [-0.2, 0) is 17.9 Å². The highest BCUT2D eigenvalue weighted by atomic mass is 32.2. The fourth-order valence-electron chi connectivity index (χ4n) is 3.25. The van der Waals surface area contributed by atoms with Gasteiger partial charge in [-0.15, -0.1) is 0 Å². The summed E-state index contributed by atoms with van der Waals surface area (Å²) in [6.07, 6.45) is 2.57. The molecule has 0 amide bonds. The highest BCUT2D eigenvalue weighted by Gasteiger charge is 2.18. The Labute approximate surface area is 176 Å². The summed E-state index contributed by atoms with van der Waals surface area (Å²) in [6, 6.07) is 19.9. The number of carboxylic acid groups (broad SMARTS) is 1. The van der Waals surface area contributed by atoms with Gasteiger partial charge in [-0.05, 0) is 47.8 Å². The lowest BCUT2D eigenvalue weighted by atomic mass is 10.0. The molecule has 0 aliphatic carbocycles. The van der Waals surface area contributed by atoms with Crippen LogP contribution in [0.4, 0.5) is 0 Å². The monoisotopic (exact) mass is 409 g/mol. The van der Waals surface area contributed by atoms with Crippen molar-refractivity contribution in [2.45, 2.75) is 32.5 Å². The maximum Gasteiger partial charge on any atom is 0.320 e. The van der Waals surface area contributed by atoms with Gasteiger partial charge in [-0.2, -0.15) is 11.8 Å². The number of hydrogen-bond acceptors (Lipinski definition) is 4. The topological polar surface area (TPSA) is 58.6 Å². The van der Waals surface area contributed by atoms with Gasteiger partial charge in [0.25, 0.3) is 0 Å². The largest absolute Gasteiger partial charge is 0.489 e. The molecule has 3 rings (SSSR count). The molecular formula is C24H27NO3S. The third kappa shape index (κ3) is 5.75. The Morgan fingerprint density at radius 2 is 1.86 bits per heavy atom. The van der Waals surface area contributed by atoms with Gasteiger partial charge in [0.05, 0.1) is 0 Å². The van der Waals surface area contributed by atoms with Gasteiger partial charge in [0.15, 0.2) is 0 Å². The molecule has 2 N–H and O–H groups in total. The first-order chi connectivity index (χ1) is 14.1. The second-order valence-corrected chi connectivity index (χ2v) is 8.08. The lowest BCUT2D eigenvalue weighted by Gasteiger charge is -2.18. The normalized spacial score (nSPS) is 12.1. The van der Waals surface area contributed by atoms with Gasteiger partial charge in [0.2, 0.25) is 0 Å². The lowest BCUT2D eigenvalue weighted by Crippen LogP contribution is -2.36. The Bertz CT molecular complexity index is 956. The van der Waals surface area contributed by atoms with Crippen LogP contribution in [0.3, 0.4) is 0 Å². The number of thioether (sulfide) groups is 1. The zero-order valence-corrected chi connectivity index (χ0v) is 17.7. The van der Waals surface area contributed by atoms with E-state index < -0.39 is 12.0 Å². The number of fused-ring (bicyclic) bond motifs is 1. The average molecular weight is 410 g/mol. The molecule has 0 bridgehead atoms. The van der Waals surface area contributed by atoms with Crippen molar-refractivity contribution >= 4 is 28.5 Å². The van der Waals surface area contributed by atoms with Gasteiger partial charge in [-0.1, -0.05) is 60.2 Å². The Balaban J connectivity index is 1.83. The van der Waals surface area contributed by atoms with E-state index in [0.717, 1.165) is 33.4 Å². The predicted octanol–water partition coefficient (Wildman–Crippen LogP) is 5.02. The van der Waals surface area contributed by atoms with Crippen LogP contribution in [0.15, 0.2) is 60.7 Å². The van der Waals surface area contributed by atoms with Gasteiger partial charge in [-0.25, -0.2) is 0 Å². The summed E-state index contributed by atoms with van der Waals surface area (Å²) in [5, 5.41) is 14.9. The van der Waals surface area contributed by atoms with Crippen LogP contribution < -0.4 is 10.1 Å². The van der Waals surface area contributed by atoms with E-state index in [2.05, 4.69) is 48.6 Å². The molecule has 0 radical (unpaired) electrons. The molecule has 3 aromatic rings. The molecule has 0 fully saturated rings. The number of aliphatic carboxylic acids is 1. The molecule has 0 aliphatic heterocycles. The van der Waals surface area contributed by atoms with Gasteiger partial charge in [0.1, 0.15) is 18.4 Å². The van der Waals surface area contributed by atoms with E-state index in [1.807, 2.05) is 30.5 Å². The number of hydrogen-bond donors (Lipinski definition) is 2. The standard InChI is InChI=1S/C24H27NO3S/c1-17-7-9-18(10-8-17)16-28-23-12-11-19-5-3-4-6-20(19)21(23)15-25-22(24(26)27)13-14-29-2/h3-12,22,25H,13-16H2,1-2H3,(H,26,27). The van der Waals surface area contributed by atoms with Crippen LogP contribution in [0.1, 0.15) is 23.1 Å². The molecule has 3 aromatic carbocycles.